The number of aromatic nitrogens is 1. The molecule has 0 aliphatic rings. The van der Waals surface area contributed by atoms with Gasteiger partial charge >= 0.3 is 0 Å². The lowest BCUT2D eigenvalue weighted by Crippen LogP contribution is -2.00. The van der Waals surface area contributed by atoms with Gasteiger partial charge < -0.3 is 10.5 Å². The number of anilines is 1. The summed E-state index contributed by atoms with van der Waals surface area (Å²) in [7, 11) is 0. The van der Waals surface area contributed by atoms with Crippen molar-refractivity contribution in [3.05, 3.63) is 30.4 Å². The molecule has 0 saturated carbocycles. The second-order valence-electron chi connectivity index (χ2n) is 2.96. The van der Waals surface area contributed by atoms with Gasteiger partial charge in [0, 0.05) is 12.5 Å². The average molecular weight is 178 g/mol. The molecular weight excluding hydrogens is 164 g/mol. The van der Waals surface area contributed by atoms with Crippen molar-refractivity contribution >= 4 is 5.82 Å². The van der Waals surface area contributed by atoms with Gasteiger partial charge in [-0.3, -0.25) is 0 Å². The normalized spacial score (nSPS) is 9.62. The second-order valence-corrected chi connectivity index (χ2v) is 2.96. The van der Waals surface area contributed by atoms with Gasteiger partial charge in [0.2, 0.25) is 5.88 Å². The molecule has 1 rings (SSSR count). The first kappa shape index (κ1) is 9.58. The number of nitrogens with two attached hydrogens (primary N) is 1. The number of nitrogen functional groups attached to an aromatic ring is 1. The minimum atomic E-state index is 0.479. The number of hydrogen-bond donors (Lipinski definition) is 1. The number of rotatable bonds is 4. The molecule has 13 heavy (non-hydrogen) atoms. The van der Waals surface area contributed by atoms with E-state index in [9.17, 15) is 0 Å². The fourth-order valence-electron chi connectivity index (χ4n) is 0.841. The number of pyridine rings is 1. The molecule has 0 aliphatic heterocycles. The van der Waals surface area contributed by atoms with Gasteiger partial charge in [-0.15, -0.1) is 6.58 Å². The Morgan fingerprint density at radius 2 is 2.38 bits per heavy atom. The van der Waals surface area contributed by atoms with Crippen molar-refractivity contribution in [2.24, 2.45) is 0 Å². The van der Waals surface area contributed by atoms with Crippen molar-refractivity contribution in [1.82, 2.24) is 4.98 Å². The summed E-state index contributed by atoms with van der Waals surface area (Å²) in [5, 5.41) is 0. The largest absolute Gasteiger partial charge is 0.477 e. The Bertz CT molecular complexity index is 297. The maximum atomic E-state index is 5.48. The van der Waals surface area contributed by atoms with Gasteiger partial charge in [-0.05, 0) is 13.0 Å². The van der Waals surface area contributed by atoms with Crippen LogP contribution in [0.4, 0.5) is 5.82 Å². The van der Waals surface area contributed by atoms with E-state index in [1.165, 1.54) is 0 Å². The smallest absolute Gasteiger partial charge is 0.215 e. The molecule has 1 aromatic heterocycles. The monoisotopic (exact) mass is 178 g/mol. The zero-order valence-corrected chi connectivity index (χ0v) is 7.79. The maximum Gasteiger partial charge on any atom is 0.215 e. The summed E-state index contributed by atoms with van der Waals surface area (Å²) >= 11 is 0. The Balaban J connectivity index is 2.41. The number of nitrogens with zero attached hydrogens (tertiary/aromatic N) is 1. The Hall–Kier alpha value is -1.51. The van der Waals surface area contributed by atoms with Crippen molar-refractivity contribution in [3.8, 4) is 5.88 Å². The van der Waals surface area contributed by atoms with E-state index in [0.717, 1.165) is 12.0 Å². The summed E-state index contributed by atoms with van der Waals surface area (Å²) in [6.45, 7) is 6.35. The maximum absolute atomic E-state index is 5.48. The summed E-state index contributed by atoms with van der Waals surface area (Å²) in [6.07, 6.45) is 0.844. The lowest BCUT2D eigenvalue weighted by atomic mass is 10.3. The van der Waals surface area contributed by atoms with E-state index in [2.05, 4.69) is 11.6 Å². The van der Waals surface area contributed by atoms with Crippen LogP contribution in [0.3, 0.4) is 0 Å². The van der Waals surface area contributed by atoms with Crippen LogP contribution < -0.4 is 10.5 Å². The molecule has 0 aliphatic carbocycles. The Morgan fingerprint density at radius 3 is 3.00 bits per heavy atom. The minimum Gasteiger partial charge on any atom is -0.477 e. The lowest BCUT2D eigenvalue weighted by Gasteiger charge is -2.04. The molecule has 1 aromatic rings. The molecule has 1 heterocycles. The summed E-state index contributed by atoms with van der Waals surface area (Å²) in [4.78, 5) is 4.00. The molecule has 0 spiro atoms. The summed E-state index contributed by atoms with van der Waals surface area (Å²) in [6, 6.07) is 5.33. The van der Waals surface area contributed by atoms with E-state index in [1.54, 1.807) is 12.1 Å². The van der Waals surface area contributed by atoms with E-state index in [1.807, 2.05) is 13.0 Å². The Morgan fingerprint density at radius 1 is 1.62 bits per heavy atom. The fraction of sp³-hybridized carbons (Fsp3) is 0.300. The Kier molecular flexibility index (Phi) is 3.31. The third kappa shape index (κ3) is 3.60. The van der Waals surface area contributed by atoms with Gasteiger partial charge in [0.05, 0.1) is 6.61 Å². The van der Waals surface area contributed by atoms with Crippen LogP contribution >= 0.6 is 0 Å². The highest BCUT2D eigenvalue weighted by atomic mass is 16.5. The van der Waals surface area contributed by atoms with Crippen LogP contribution in [0.15, 0.2) is 30.4 Å². The molecule has 0 amide bonds. The van der Waals surface area contributed by atoms with E-state index in [-0.39, 0.29) is 0 Å². The van der Waals surface area contributed by atoms with E-state index in [4.69, 9.17) is 10.5 Å². The van der Waals surface area contributed by atoms with Crippen LogP contribution in [0.2, 0.25) is 0 Å². The summed E-state index contributed by atoms with van der Waals surface area (Å²) in [5.41, 5.74) is 6.58. The molecule has 0 radical (unpaired) electrons. The molecule has 70 valence electrons. The quantitative estimate of drug-likeness (QED) is 0.717. The van der Waals surface area contributed by atoms with Gasteiger partial charge in [0.25, 0.3) is 0 Å². The van der Waals surface area contributed by atoms with Crippen LogP contribution in [0, 0.1) is 0 Å². The first-order valence-corrected chi connectivity index (χ1v) is 4.18. The summed E-state index contributed by atoms with van der Waals surface area (Å²) < 4.78 is 5.35. The number of hydrogen-bond acceptors (Lipinski definition) is 3. The van der Waals surface area contributed by atoms with Gasteiger partial charge in [0.15, 0.2) is 0 Å². The summed E-state index contributed by atoms with van der Waals surface area (Å²) in [5.74, 6) is 1.05. The highest BCUT2D eigenvalue weighted by Gasteiger charge is 1.95. The highest BCUT2D eigenvalue weighted by molar-refractivity contribution is 5.31. The van der Waals surface area contributed by atoms with E-state index < -0.39 is 0 Å². The Labute approximate surface area is 78.2 Å². The average Bonchev–Trinajstić information content (AvgIpc) is 2.03. The first-order valence-electron chi connectivity index (χ1n) is 4.18. The van der Waals surface area contributed by atoms with Crippen LogP contribution in [0.25, 0.3) is 0 Å². The van der Waals surface area contributed by atoms with Crippen LogP contribution in [0.1, 0.15) is 13.3 Å². The van der Waals surface area contributed by atoms with Gasteiger partial charge in [-0.1, -0.05) is 11.6 Å². The third-order valence-electron chi connectivity index (χ3n) is 1.52. The molecule has 0 fully saturated rings. The van der Waals surface area contributed by atoms with Gasteiger partial charge in [-0.2, -0.15) is 4.98 Å². The van der Waals surface area contributed by atoms with Crippen LogP contribution in [0.5, 0.6) is 5.88 Å². The predicted molar refractivity (Wildman–Crippen MR) is 53.6 cm³/mol. The van der Waals surface area contributed by atoms with Gasteiger partial charge in [0.1, 0.15) is 5.82 Å². The van der Waals surface area contributed by atoms with Gasteiger partial charge in [-0.25, -0.2) is 0 Å². The SMILES string of the molecule is C=C(C)CCOc1cccc(N)n1. The molecular formula is C10H14N2O. The van der Waals surface area contributed by atoms with E-state index in [0.29, 0.717) is 18.3 Å². The molecule has 3 heteroatoms. The van der Waals surface area contributed by atoms with Crippen molar-refractivity contribution in [2.75, 3.05) is 12.3 Å². The molecule has 3 nitrogen and oxygen atoms in total. The zero-order valence-electron chi connectivity index (χ0n) is 7.79. The predicted octanol–water partition coefficient (Wildman–Crippen LogP) is 2.01. The van der Waals surface area contributed by atoms with Crippen molar-refractivity contribution in [2.45, 2.75) is 13.3 Å². The van der Waals surface area contributed by atoms with Crippen LogP contribution in [-0.2, 0) is 0 Å². The van der Waals surface area contributed by atoms with Crippen molar-refractivity contribution < 1.29 is 4.74 Å². The number of ether oxygens (including phenoxy) is 1. The molecule has 0 unspecified atom stereocenters. The third-order valence-corrected chi connectivity index (χ3v) is 1.52. The molecule has 2 N–H and O–H groups in total. The first-order chi connectivity index (χ1) is 6.18. The highest BCUT2D eigenvalue weighted by Crippen LogP contribution is 2.09. The zero-order chi connectivity index (χ0) is 9.68. The lowest BCUT2D eigenvalue weighted by molar-refractivity contribution is 0.310. The second kappa shape index (κ2) is 4.50. The van der Waals surface area contributed by atoms with E-state index >= 15 is 0 Å². The molecule has 0 bridgehead atoms. The topological polar surface area (TPSA) is 48.1 Å². The van der Waals surface area contributed by atoms with Crippen molar-refractivity contribution in [1.29, 1.82) is 0 Å². The molecule has 0 atom stereocenters. The standard InChI is InChI=1S/C10H14N2O/c1-8(2)6-7-13-10-5-3-4-9(11)12-10/h3-5H,1,6-7H2,2H3,(H2,11,12). The van der Waals surface area contributed by atoms with Crippen LogP contribution in [-0.4, -0.2) is 11.6 Å². The van der Waals surface area contributed by atoms with Crippen molar-refractivity contribution in [3.63, 3.8) is 0 Å². The fourth-order valence-corrected chi connectivity index (χ4v) is 0.841. The molecule has 0 saturated heterocycles. The molecule has 0 aromatic carbocycles. The minimum absolute atomic E-state index is 0.479.